The SMILES string of the molecule is CCCCCOc1cc(C(=O)Oc2ccc([N+](=O)[O-])cc2)cc(OCCCCC)c1OCCCCC. The monoisotopic (exact) mass is 501 g/mol. The van der Waals surface area contributed by atoms with Gasteiger partial charge in [-0.2, -0.15) is 0 Å². The molecule has 0 saturated carbocycles. The van der Waals surface area contributed by atoms with Crippen LogP contribution in [-0.2, 0) is 0 Å². The number of carbonyl (C=O) groups excluding carboxylic acids is 1. The molecule has 2 rings (SSSR count). The second-order valence-corrected chi connectivity index (χ2v) is 8.61. The molecule has 0 fully saturated rings. The maximum Gasteiger partial charge on any atom is 0.343 e. The highest BCUT2D eigenvalue weighted by Gasteiger charge is 2.20. The molecule has 0 heterocycles. The number of nitro benzene ring substituents is 1. The van der Waals surface area contributed by atoms with Gasteiger partial charge in [0.15, 0.2) is 11.5 Å². The molecular weight excluding hydrogens is 462 g/mol. The summed E-state index contributed by atoms with van der Waals surface area (Å²) in [6.07, 6.45) is 9.02. The number of nitro groups is 1. The Morgan fingerprint density at radius 2 is 1.22 bits per heavy atom. The maximum atomic E-state index is 13.0. The largest absolute Gasteiger partial charge is 0.490 e. The Balaban J connectivity index is 2.31. The number of esters is 1. The zero-order valence-corrected chi connectivity index (χ0v) is 21.8. The van der Waals surface area contributed by atoms with E-state index in [1.807, 2.05) is 0 Å². The van der Waals surface area contributed by atoms with Gasteiger partial charge in [0.1, 0.15) is 5.75 Å². The Labute approximate surface area is 214 Å². The molecule has 0 aromatic heterocycles. The van der Waals surface area contributed by atoms with Crippen LogP contribution in [0.4, 0.5) is 5.69 Å². The first kappa shape index (κ1) is 28.9. The fourth-order valence-corrected chi connectivity index (χ4v) is 3.45. The predicted octanol–water partition coefficient (Wildman–Crippen LogP) is 7.52. The fraction of sp³-hybridized carbons (Fsp3) is 0.536. The summed E-state index contributed by atoms with van der Waals surface area (Å²) >= 11 is 0. The minimum absolute atomic E-state index is 0.0788. The summed E-state index contributed by atoms with van der Waals surface area (Å²) in [6, 6.07) is 8.61. The van der Waals surface area contributed by atoms with Crippen molar-refractivity contribution in [3.63, 3.8) is 0 Å². The Kier molecular flexibility index (Phi) is 13.2. The number of hydrogen-bond acceptors (Lipinski definition) is 7. The summed E-state index contributed by atoms with van der Waals surface area (Å²) < 4.78 is 23.7. The average molecular weight is 502 g/mol. The van der Waals surface area contributed by atoms with Gasteiger partial charge in [-0.25, -0.2) is 4.79 Å². The lowest BCUT2D eigenvalue weighted by molar-refractivity contribution is -0.384. The van der Waals surface area contributed by atoms with Crippen molar-refractivity contribution >= 4 is 11.7 Å². The summed E-state index contributed by atoms with van der Waals surface area (Å²) in [7, 11) is 0. The van der Waals surface area contributed by atoms with E-state index in [9.17, 15) is 14.9 Å². The van der Waals surface area contributed by atoms with Crippen LogP contribution < -0.4 is 18.9 Å². The zero-order valence-electron chi connectivity index (χ0n) is 21.8. The first-order chi connectivity index (χ1) is 17.5. The summed E-state index contributed by atoms with van der Waals surface area (Å²) in [4.78, 5) is 23.4. The Morgan fingerprint density at radius 1 is 0.750 bits per heavy atom. The van der Waals surface area contributed by atoms with E-state index in [4.69, 9.17) is 18.9 Å². The highest BCUT2D eigenvalue weighted by molar-refractivity contribution is 5.92. The van der Waals surface area contributed by atoms with Crippen molar-refractivity contribution in [3.8, 4) is 23.0 Å². The van der Waals surface area contributed by atoms with Crippen LogP contribution in [0.25, 0.3) is 0 Å². The Bertz CT molecular complexity index is 910. The van der Waals surface area contributed by atoms with E-state index in [-0.39, 0.29) is 17.0 Å². The van der Waals surface area contributed by atoms with Crippen molar-refractivity contribution in [1.29, 1.82) is 0 Å². The summed E-state index contributed by atoms with van der Waals surface area (Å²) in [5, 5.41) is 10.9. The Morgan fingerprint density at radius 3 is 1.67 bits per heavy atom. The molecular formula is C28H39NO7. The van der Waals surface area contributed by atoms with Gasteiger partial charge in [-0.3, -0.25) is 10.1 Å². The van der Waals surface area contributed by atoms with Crippen LogP contribution in [0.2, 0.25) is 0 Å². The van der Waals surface area contributed by atoms with Crippen LogP contribution in [0.5, 0.6) is 23.0 Å². The van der Waals surface area contributed by atoms with Crippen molar-refractivity contribution in [2.75, 3.05) is 19.8 Å². The molecule has 0 amide bonds. The van der Waals surface area contributed by atoms with Gasteiger partial charge in [0.05, 0.1) is 30.3 Å². The number of ether oxygens (including phenoxy) is 4. The summed E-state index contributed by atoms with van der Waals surface area (Å²) in [6.45, 7) is 7.90. The number of unbranched alkanes of at least 4 members (excludes halogenated alkanes) is 6. The number of carbonyl (C=O) groups is 1. The first-order valence-electron chi connectivity index (χ1n) is 13.0. The van der Waals surface area contributed by atoms with Crippen LogP contribution in [0, 0.1) is 10.1 Å². The van der Waals surface area contributed by atoms with Crippen LogP contribution in [-0.4, -0.2) is 30.7 Å². The van der Waals surface area contributed by atoms with Gasteiger partial charge in [0.25, 0.3) is 5.69 Å². The van der Waals surface area contributed by atoms with Crippen molar-refractivity contribution in [2.45, 2.75) is 78.6 Å². The van der Waals surface area contributed by atoms with Crippen LogP contribution in [0.3, 0.4) is 0 Å². The molecule has 0 aliphatic heterocycles. The molecule has 8 nitrogen and oxygen atoms in total. The second kappa shape index (κ2) is 16.4. The third-order valence-electron chi connectivity index (χ3n) is 5.52. The number of rotatable bonds is 18. The van der Waals surface area contributed by atoms with Gasteiger partial charge in [-0.15, -0.1) is 0 Å². The van der Waals surface area contributed by atoms with E-state index in [2.05, 4.69) is 20.8 Å². The summed E-state index contributed by atoms with van der Waals surface area (Å²) in [5.74, 6) is 1.00. The fourth-order valence-electron chi connectivity index (χ4n) is 3.45. The molecule has 0 bridgehead atoms. The standard InChI is InChI=1S/C28H39NO7/c1-4-7-10-17-33-25-20-22(28(30)36-24-15-13-23(14-16-24)29(31)32)21-26(34-18-11-8-5-2)27(25)35-19-12-9-6-3/h13-16,20-21H,4-12,17-19H2,1-3H3. The number of hydrogen-bond donors (Lipinski definition) is 0. The maximum absolute atomic E-state index is 13.0. The molecule has 198 valence electrons. The molecule has 0 radical (unpaired) electrons. The van der Waals surface area contributed by atoms with E-state index in [0.29, 0.717) is 37.1 Å². The number of benzene rings is 2. The lowest BCUT2D eigenvalue weighted by atomic mass is 10.1. The highest BCUT2D eigenvalue weighted by Crippen LogP contribution is 2.40. The van der Waals surface area contributed by atoms with Gasteiger partial charge >= 0.3 is 5.97 Å². The van der Waals surface area contributed by atoms with Crippen molar-refractivity contribution in [3.05, 3.63) is 52.1 Å². The number of non-ortho nitro benzene ring substituents is 1. The molecule has 0 saturated heterocycles. The molecule has 2 aromatic rings. The molecule has 0 aliphatic rings. The zero-order chi connectivity index (χ0) is 26.2. The van der Waals surface area contributed by atoms with Gasteiger partial charge in [-0.1, -0.05) is 59.3 Å². The second-order valence-electron chi connectivity index (χ2n) is 8.61. The molecule has 0 atom stereocenters. The van der Waals surface area contributed by atoms with Crippen molar-refractivity contribution in [1.82, 2.24) is 0 Å². The average Bonchev–Trinajstić information content (AvgIpc) is 2.88. The topological polar surface area (TPSA) is 97.1 Å². The minimum atomic E-state index is -0.613. The molecule has 36 heavy (non-hydrogen) atoms. The third kappa shape index (κ3) is 9.76. The van der Waals surface area contributed by atoms with Gasteiger partial charge < -0.3 is 18.9 Å². The minimum Gasteiger partial charge on any atom is -0.490 e. The van der Waals surface area contributed by atoms with Crippen LogP contribution in [0.1, 0.15) is 88.9 Å². The molecule has 0 N–H and O–H groups in total. The lowest BCUT2D eigenvalue weighted by Crippen LogP contribution is -2.12. The van der Waals surface area contributed by atoms with Gasteiger partial charge in [0, 0.05) is 12.1 Å². The van der Waals surface area contributed by atoms with Gasteiger partial charge in [0.2, 0.25) is 5.75 Å². The normalized spacial score (nSPS) is 10.6. The molecule has 2 aromatic carbocycles. The summed E-state index contributed by atoms with van der Waals surface area (Å²) in [5.41, 5.74) is 0.176. The smallest absolute Gasteiger partial charge is 0.343 e. The van der Waals surface area contributed by atoms with Crippen molar-refractivity contribution in [2.24, 2.45) is 0 Å². The third-order valence-corrected chi connectivity index (χ3v) is 5.52. The predicted molar refractivity (Wildman–Crippen MR) is 140 cm³/mol. The lowest BCUT2D eigenvalue weighted by Gasteiger charge is -2.18. The number of nitrogens with zero attached hydrogens (tertiary/aromatic N) is 1. The molecule has 0 spiro atoms. The quantitative estimate of drug-likeness (QED) is 0.0685. The van der Waals surface area contributed by atoms with Crippen LogP contribution in [0.15, 0.2) is 36.4 Å². The molecule has 0 aliphatic carbocycles. The first-order valence-corrected chi connectivity index (χ1v) is 13.0. The van der Waals surface area contributed by atoms with E-state index in [0.717, 1.165) is 57.8 Å². The van der Waals surface area contributed by atoms with Crippen LogP contribution >= 0.6 is 0 Å². The van der Waals surface area contributed by atoms with E-state index >= 15 is 0 Å². The highest BCUT2D eigenvalue weighted by atomic mass is 16.6. The molecule has 0 unspecified atom stereocenters. The van der Waals surface area contributed by atoms with Gasteiger partial charge in [-0.05, 0) is 43.5 Å². The van der Waals surface area contributed by atoms with E-state index in [1.165, 1.54) is 24.3 Å². The van der Waals surface area contributed by atoms with E-state index < -0.39 is 10.9 Å². The molecule has 8 heteroatoms. The Hall–Kier alpha value is -3.29. The van der Waals surface area contributed by atoms with Crippen molar-refractivity contribution < 1.29 is 28.7 Å². The van der Waals surface area contributed by atoms with E-state index in [1.54, 1.807) is 12.1 Å².